The molecule has 16 heavy (non-hydrogen) atoms. The van der Waals surface area contributed by atoms with E-state index < -0.39 is 0 Å². The van der Waals surface area contributed by atoms with Crippen molar-refractivity contribution in [1.82, 2.24) is 5.32 Å². The van der Waals surface area contributed by atoms with E-state index in [2.05, 4.69) is 5.32 Å². The van der Waals surface area contributed by atoms with E-state index in [0.717, 1.165) is 11.3 Å². The van der Waals surface area contributed by atoms with E-state index >= 15 is 0 Å². The Hall–Kier alpha value is -1.84. The zero-order valence-corrected chi connectivity index (χ0v) is 9.78. The molecule has 0 spiro atoms. The van der Waals surface area contributed by atoms with Crippen LogP contribution in [-0.2, 0) is 4.79 Å². The van der Waals surface area contributed by atoms with Gasteiger partial charge in [-0.05, 0) is 19.1 Å². The number of nitrogens with one attached hydrogen (secondary N) is 1. The standard InChI is InChI=1S/C10H10N2O2.C2H6/c1-7-2-4-8(5-3-7)12-6-9(13)11-10(12)14;1-2/h2-5H,6H2,1H3,(H,11,13,14);1-2H3. The Labute approximate surface area is 95.3 Å². The van der Waals surface area contributed by atoms with Crippen molar-refractivity contribution in [3.8, 4) is 0 Å². The molecule has 3 amide bonds. The predicted molar refractivity (Wildman–Crippen MR) is 63.4 cm³/mol. The number of benzene rings is 1. The van der Waals surface area contributed by atoms with E-state index in [1.807, 2.05) is 45.0 Å². The quantitative estimate of drug-likeness (QED) is 0.736. The molecule has 4 heteroatoms. The van der Waals surface area contributed by atoms with E-state index in [4.69, 9.17) is 0 Å². The number of anilines is 1. The first kappa shape index (κ1) is 12.2. The Kier molecular flexibility index (Phi) is 4.05. The van der Waals surface area contributed by atoms with Gasteiger partial charge in [-0.15, -0.1) is 0 Å². The van der Waals surface area contributed by atoms with Gasteiger partial charge in [-0.1, -0.05) is 31.5 Å². The van der Waals surface area contributed by atoms with Gasteiger partial charge in [-0.2, -0.15) is 0 Å². The van der Waals surface area contributed by atoms with Crippen molar-refractivity contribution in [2.45, 2.75) is 20.8 Å². The van der Waals surface area contributed by atoms with E-state index in [-0.39, 0.29) is 18.5 Å². The van der Waals surface area contributed by atoms with Gasteiger partial charge in [0.05, 0.1) is 0 Å². The molecule has 1 aliphatic rings. The normalized spacial score (nSPS) is 14.3. The average molecular weight is 220 g/mol. The fraction of sp³-hybridized carbons (Fsp3) is 0.333. The van der Waals surface area contributed by atoms with Gasteiger partial charge in [0.1, 0.15) is 6.54 Å². The lowest BCUT2D eigenvalue weighted by Crippen LogP contribution is -2.27. The van der Waals surface area contributed by atoms with Gasteiger partial charge in [0.15, 0.2) is 0 Å². The van der Waals surface area contributed by atoms with Crippen molar-refractivity contribution in [3.63, 3.8) is 0 Å². The van der Waals surface area contributed by atoms with Crippen LogP contribution in [0.4, 0.5) is 10.5 Å². The van der Waals surface area contributed by atoms with Crippen LogP contribution in [0.3, 0.4) is 0 Å². The van der Waals surface area contributed by atoms with E-state index in [0.29, 0.717) is 0 Å². The second kappa shape index (κ2) is 5.30. The molecule has 1 aromatic rings. The second-order valence-electron chi connectivity index (χ2n) is 3.28. The maximum absolute atomic E-state index is 11.3. The van der Waals surface area contributed by atoms with Gasteiger partial charge in [0.25, 0.3) is 0 Å². The minimum Gasteiger partial charge on any atom is -0.285 e. The number of aryl methyl sites for hydroxylation is 1. The van der Waals surface area contributed by atoms with Crippen LogP contribution in [0, 0.1) is 6.92 Å². The predicted octanol–water partition coefficient (Wildman–Crippen LogP) is 2.08. The first-order valence-electron chi connectivity index (χ1n) is 5.35. The zero-order valence-electron chi connectivity index (χ0n) is 9.78. The van der Waals surface area contributed by atoms with Crippen LogP contribution < -0.4 is 10.2 Å². The van der Waals surface area contributed by atoms with E-state index in [1.165, 1.54) is 4.90 Å². The SMILES string of the molecule is CC.Cc1ccc(N2CC(=O)NC2=O)cc1. The molecule has 0 atom stereocenters. The first-order chi connectivity index (χ1) is 7.66. The molecule has 1 fully saturated rings. The highest BCUT2D eigenvalue weighted by Gasteiger charge is 2.27. The summed E-state index contributed by atoms with van der Waals surface area (Å²) in [5.74, 6) is -0.254. The summed E-state index contributed by atoms with van der Waals surface area (Å²) in [7, 11) is 0. The third-order valence-electron chi connectivity index (χ3n) is 2.14. The summed E-state index contributed by atoms with van der Waals surface area (Å²) in [6, 6.07) is 7.12. The van der Waals surface area contributed by atoms with Crippen LogP contribution in [0.25, 0.3) is 0 Å². The first-order valence-corrected chi connectivity index (χ1v) is 5.35. The zero-order chi connectivity index (χ0) is 12.1. The Bertz CT molecular complexity index is 385. The van der Waals surface area contributed by atoms with Gasteiger partial charge in [-0.3, -0.25) is 15.0 Å². The number of amides is 3. The molecular formula is C12H16N2O2. The largest absolute Gasteiger partial charge is 0.329 e. The maximum atomic E-state index is 11.3. The van der Waals surface area contributed by atoms with Crippen molar-refractivity contribution < 1.29 is 9.59 Å². The van der Waals surface area contributed by atoms with Crippen molar-refractivity contribution in [2.24, 2.45) is 0 Å². The fourth-order valence-electron chi connectivity index (χ4n) is 1.37. The van der Waals surface area contributed by atoms with Crippen LogP contribution in [0.2, 0.25) is 0 Å². The number of rotatable bonds is 1. The number of imide groups is 1. The molecule has 1 saturated heterocycles. The lowest BCUT2D eigenvalue weighted by Gasteiger charge is -2.12. The maximum Gasteiger partial charge on any atom is 0.329 e. The fourth-order valence-corrected chi connectivity index (χ4v) is 1.37. The molecule has 2 rings (SSSR count). The van der Waals surface area contributed by atoms with Gasteiger partial charge >= 0.3 is 6.03 Å². The summed E-state index contributed by atoms with van der Waals surface area (Å²) in [6.45, 7) is 6.08. The minimum absolute atomic E-state index is 0.113. The van der Waals surface area contributed by atoms with Crippen LogP contribution in [-0.4, -0.2) is 18.5 Å². The molecule has 0 unspecified atom stereocenters. The minimum atomic E-state index is -0.348. The molecule has 0 aromatic heterocycles. The van der Waals surface area contributed by atoms with Crippen molar-refractivity contribution in [3.05, 3.63) is 29.8 Å². The molecule has 86 valence electrons. The number of urea groups is 1. The summed E-state index contributed by atoms with van der Waals surface area (Å²) in [5, 5.41) is 2.23. The molecule has 0 saturated carbocycles. The highest BCUT2D eigenvalue weighted by molar-refractivity contribution is 6.12. The third-order valence-corrected chi connectivity index (χ3v) is 2.14. The summed E-state index contributed by atoms with van der Waals surface area (Å²) >= 11 is 0. The van der Waals surface area contributed by atoms with Gasteiger partial charge in [-0.25, -0.2) is 4.79 Å². The van der Waals surface area contributed by atoms with Crippen molar-refractivity contribution in [2.75, 3.05) is 11.4 Å². The van der Waals surface area contributed by atoms with Gasteiger partial charge < -0.3 is 0 Å². The highest BCUT2D eigenvalue weighted by Crippen LogP contribution is 2.16. The van der Waals surface area contributed by atoms with Gasteiger partial charge in [0, 0.05) is 5.69 Å². The summed E-state index contributed by atoms with van der Waals surface area (Å²) < 4.78 is 0. The smallest absolute Gasteiger partial charge is 0.285 e. The average Bonchev–Trinajstić information content (AvgIpc) is 2.62. The highest BCUT2D eigenvalue weighted by atomic mass is 16.2. The summed E-state index contributed by atoms with van der Waals surface area (Å²) in [4.78, 5) is 23.6. The van der Waals surface area contributed by atoms with Gasteiger partial charge in [0.2, 0.25) is 5.91 Å². The molecule has 1 aliphatic heterocycles. The van der Waals surface area contributed by atoms with E-state index in [1.54, 1.807) is 0 Å². The lowest BCUT2D eigenvalue weighted by atomic mass is 10.2. The summed E-state index contributed by atoms with van der Waals surface area (Å²) in [6.07, 6.45) is 0. The number of hydrogen-bond donors (Lipinski definition) is 1. The van der Waals surface area contributed by atoms with Crippen molar-refractivity contribution in [1.29, 1.82) is 0 Å². The Morgan fingerprint density at radius 1 is 1.12 bits per heavy atom. The van der Waals surface area contributed by atoms with E-state index in [9.17, 15) is 9.59 Å². The number of carbonyl (C=O) groups excluding carboxylic acids is 2. The van der Waals surface area contributed by atoms with Crippen LogP contribution in [0.15, 0.2) is 24.3 Å². The molecular weight excluding hydrogens is 204 g/mol. The number of hydrogen-bond acceptors (Lipinski definition) is 2. The van der Waals surface area contributed by atoms with Crippen molar-refractivity contribution >= 4 is 17.6 Å². The molecule has 4 nitrogen and oxygen atoms in total. The Morgan fingerprint density at radius 2 is 1.69 bits per heavy atom. The Balaban J connectivity index is 0.000000606. The molecule has 1 N–H and O–H groups in total. The lowest BCUT2D eigenvalue weighted by molar-refractivity contribution is -0.117. The van der Waals surface area contributed by atoms with Crippen LogP contribution in [0.1, 0.15) is 19.4 Å². The summed E-state index contributed by atoms with van der Waals surface area (Å²) in [5.41, 5.74) is 1.87. The topological polar surface area (TPSA) is 49.4 Å². The number of nitrogens with zero attached hydrogens (tertiary/aromatic N) is 1. The third kappa shape index (κ3) is 2.59. The monoisotopic (exact) mass is 220 g/mol. The molecule has 0 bridgehead atoms. The molecule has 0 aliphatic carbocycles. The second-order valence-corrected chi connectivity index (χ2v) is 3.28. The Morgan fingerprint density at radius 3 is 2.12 bits per heavy atom. The number of carbonyl (C=O) groups is 2. The van der Waals surface area contributed by atoms with Crippen LogP contribution in [0.5, 0.6) is 0 Å². The molecule has 1 heterocycles. The van der Waals surface area contributed by atoms with Crippen LogP contribution >= 0.6 is 0 Å². The molecule has 0 radical (unpaired) electrons. The molecule has 1 aromatic carbocycles.